The number of nitro groups is 1. The van der Waals surface area contributed by atoms with Crippen LogP contribution in [0.4, 0.5) is 16.5 Å². The minimum atomic E-state index is -0.679. The van der Waals surface area contributed by atoms with Crippen molar-refractivity contribution in [3.63, 3.8) is 0 Å². The molecule has 0 atom stereocenters. The fraction of sp³-hybridized carbons (Fsp3) is 0. The lowest BCUT2D eigenvalue weighted by Gasteiger charge is -2.04. The molecule has 1 heterocycles. The van der Waals surface area contributed by atoms with Gasteiger partial charge in [-0.3, -0.25) is 20.2 Å². The van der Waals surface area contributed by atoms with Crippen molar-refractivity contribution in [2.24, 2.45) is 0 Å². The summed E-state index contributed by atoms with van der Waals surface area (Å²) < 4.78 is 0.741. The molecule has 1 aromatic carbocycles. The van der Waals surface area contributed by atoms with E-state index in [0.29, 0.717) is 5.13 Å². The standard InChI is InChI=1S/C10H7BrN4O3S/c11-7-4-13-10(19-7)14-9(16)5-2-1-3-6(12)8(5)15(17)18/h1-4H,12H2,(H,13,14,16). The van der Waals surface area contributed by atoms with E-state index < -0.39 is 16.5 Å². The molecule has 0 aliphatic heterocycles. The van der Waals surface area contributed by atoms with E-state index >= 15 is 0 Å². The van der Waals surface area contributed by atoms with Gasteiger partial charge in [0.1, 0.15) is 11.3 Å². The second-order valence-electron chi connectivity index (χ2n) is 3.42. The number of aromatic nitrogens is 1. The van der Waals surface area contributed by atoms with Crippen LogP contribution in [0.5, 0.6) is 0 Å². The molecule has 0 radical (unpaired) electrons. The lowest BCUT2D eigenvalue weighted by atomic mass is 10.1. The Kier molecular flexibility index (Phi) is 3.76. The number of amides is 1. The number of nitro benzene ring substituents is 1. The van der Waals surface area contributed by atoms with E-state index in [1.807, 2.05) is 0 Å². The number of benzene rings is 1. The van der Waals surface area contributed by atoms with Gasteiger partial charge in [0, 0.05) is 0 Å². The molecule has 9 heteroatoms. The SMILES string of the molecule is Nc1cccc(C(=O)Nc2ncc(Br)s2)c1[N+](=O)[O-]. The first kappa shape index (κ1) is 13.4. The van der Waals surface area contributed by atoms with Crippen LogP contribution < -0.4 is 11.1 Å². The largest absolute Gasteiger partial charge is 0.393 e. The Morgan fingerprint density at radius 3 is 2.84 bits per heavy atom. The second-order valence-corrected chi connectivity index (χ2v) is 5.83. The van der Waals surface area contributed by atoms with E-state index in [4.69, 9.17) is 5.73 Å². The Balaban J connectivity index is 2.34. The summed E-state index contributed by atoms with van der Waals surface area (Å²) in [4.78, 5) is 26.1. The molecule has 0 saturated heterocycles. The van der Waals surface area contributed by atoms with Gasteiger partial charge in [-0.1, -0.05) is 17.4 Å². The summed E-state index contributed by atoms with van der Waals surface area (Å²) in [6, 6.07) is 4.19. The third-order valence-electron chi connectivity index (χ3n) is 2.19. The summed E-state index contributed by atoms with van der Waals surface area (Å²) in [5.74, 6) is -0.624. The molecule has 0 saturated carbocycles. The van der Waals surface area contributed by atoms with Gasteiger partial charge in [-0.15, -0.1) is 0 Å². The monoisotopic (exact) mass is 342 g/mol. The molecule has 2 aromatic rings. The van der Waals surface area contributed by atoms with Crippen molar-refractivity contribution in [2.45, 2.75) is 0 Å². The van der Waals surface area contributed by atoms with E-state index in [1.54, 1.807) is 0 Å². The quantitative estimate of drug-likeness (QED) is 0.506. The highest BCUT2D eigenvalue weighted by Crippen LogP contribution is 2.28. The molecule has 2 rings (SSSR count). The van der Waals surface area contributed by atoms with Gasteiger partial charge in [0.15, 0.2) is 5.13 Å². The molecule has 0 fully saturated rings. The molecule has 0 aliphatic carbocycles. The zero-order valence-corrected chi connectivity index (χ0v) is 11.7. The van der Waals surface area contributed by atoms with Gasteiger partial charge < -0.3 is 5.73 Å². The van der Waals surface area contributed by atoms with Crippen LogP contribution in [0.15, 0.2) is 28.2 Å². The average Bonchev–Trinajstić information content (AvgIpc) is 2.73. The molecule has 0 unspecified atom stereocenters. The molecule has 1 aromatic heterocycles. The summed E-state index contributed by atoms with van der Waals surface area (Å²) in [6.07, 6.45) is 1.52. The summed E-state index contributed by atoms with van der Waals surface area (Å²) in [6.45, 7) is 0. The molecule has 98 valence electrons. The molecule has 7 nitrogen and oxygen atoms in total. The van der Waals surface area contributed by atoms with E-state index in [-0.39, 0.29) is 11.3 Å². The minimum Gasteiger partial charge on any atom is -0.393 e. The van der Waals surface area contributed by atoms with Gasteiger partial charge in [0.2, 0.25) is 0 Å². The van der Waals surface area contributed by atoms with Crippen LogP contribution in [-0.2, 0) is 0 Å². The number of nitrogens with zero attached hydrogens (tertiary/aromatic N) is 2. The van der Waals surface area contributed by atoms with Crippen molar-refractivity contribution in [3.05, 3.63) is 43.9 Å². The summed E-state index contributed by atoms with van der Waals surface area (Å²) in [5.41, 5.74) is 4.95. The van der Waals surface area contributed by atoms with Gasteiger partial charge in [0.05, 0.1) is 14.9 Å². The third kappa shape index (κ3) is 2.88. The lowest BCUT2D eigenvalue weighted by molar-refractivity contribution is -0.384. The molecule has 0 spiro atoms. The van der Waals surface area contributed by atoms with E-state index in [1.165, 1.54) is 35.7 Å². The first-order valence-electron chi connectivity index (χ1n) is 4.94. The highest BCUT2D eigenvalue weighted by molar-refractivity contribution is 9.11. The fourth-order valence-corrected chi connectivity index (χ4v) is 2.53. The van der Waals surface area contributed by atoms with Gasteiger partial charge in [0.25, 0.3) is 5.91 Å². The third-order valence-corrected chi connectivity index (χ3v) is 3.58. The van der Waals surface area contributed by atoms with Crippen LogP contribution in [0.1, 0.15) is 10.4 Å². The number of nitrogen functional groups attached to an aromatic ring is 1. The van der Waals surface area contributed by atoms with Crippen molar-refractivity contribution in [1.82, 2.24) is 4.98 Å². The van der Waals surface area contributed by atoms with Crippen LogP contribution in [-0.4, -0.2) is 15.8 Å². The zero-order chi connectivity index (χ0) is 14.0. The van der Waals surface area contributed by atoms with Crippen LogP contribution in [0.2, 0.25) is 0 Å². The molecule has 3 N–H and O–H groups in total. The number of rotatable bonds is 3. The molecule has 0 bridgehead atoms. The van der Waals surface area contributed by atoms with Crippen LogP contribution >= 0.6 is 27.3 Å². The zero-order valence-electron chi connectivity index (χ0n) is 9.29. The molecule has 19 heavy (non-hydrogen) atoms. The number of anilines is 2. The van der Waals surface area contributed by atoms with Gasteiger partial charge in [-0.05, 0) is 28.1 Å². The molecule has 0 aliphatic rings. The number of thiazole rings is 1. The van der Waals surface area contributed by atoms with E-state index in [0.717, 1.165) is 3.79 Å². The highest BCUT2D eigenvalue weighted by Gasteiger charge is 2.23. The smallest absolute Gasteiger partial charge is 0.304 e. The van der Waals surface area contributed by atoms with Crippen LogP contribution in [0, 0.1) is 10.1 Å². The summed E-state index contributed by atoms with van der Waals surface area (Å²) in [7, 11) is 0. The van der Waals surface area contributed by atoms with Gasteiger partial charge in [-0.2, -0.15) is 0 Å². The maximum atomic E-state index is 12.0. The van der Waals surface area contributed by atoms with E-state index in [9.17, 15) is 14.9 Å². The number of nitrogens with two attached hydrogens (primary N) is 1. The lowest BCUT2D eigenvalue weighted by Crippen LogP contribution is -2.14. The van der Waals surface area contributed by atoms with Crippen LogP contribution in [0.3, 0.4) is 0 Å². The Bertz CT molecular complexity index is 658. The number of carbonyl (C=O) groups excluding carboxylic acids is 1. The van der Waals surface area contributed by atoms with Crippen molar-refractivity contribution >= 4 is 49.7 Å². The first-order valence-corrected chi connectivity index (χ1v) is 6.55. The predicted octanol–water partition coefficient (Wildman–Crippen LogP) is 2.65. The topological polar surface area (TPSA) is 111 Å². The number of hydrogen-bond acceptors (Lipinski definition) is 6. The fourth-order valence-electron chi connectivity index (χ4n) is 1.43. The van der Waals surface area contributed by atoms with Gasteiger partial charge in [-0.25, -0.2) is 4.98 Å². The Hall–Kier alpha value is -2.00. The summed E-state index contributed by atoms with van der Waals surface area (Å²) >= 11 is 4.41. The first-order chi connectivity index (χ1) is 8.99. The van der Waals surface area contributed by atoms with Crippen molar-refractivity contribution in [1.29, 1.82) is 0 Å². The Labute approximate surface area is 119 Å². The van der Waals surface area contributed by atoms with Crippen LogP contribution in [0.25, 0.3) is 0 Å². The normalized spacial score (nSPS) is 10.2. The highest BCUT2D eigenvalue weighted by atomic mass is 79.9. The van der Waals surface area contributed by atoms with Crippen molar-refractivity contribution in [2.75, 3.05) is 11.1 Å². The van der Waals surface area contributed by atoms with Gasteiger partial charge >= 0.3 is 5.69 Å². The van der Waals surface area contributed by atoms with E-state index in [2.05, 4.69) is 26.2 Å². The predicted molar refractivity (Wildman–Crippen MR) is 75.3 cm³/mol. The Morgan fingerprint density at radius 2 is 2.26 bits per heavy atom. The molecular formula is C10H7BrN4O3S. The van der Waals surface area contributed by atoms with Crippen molar-refractivity contribution < 1.29 is 9.72 Å². The number of para-hydroxylation sites is 1. The summed E-state index contributed by atoms with van der Waals surface area (Å²) in [5, 5.41) is 13.7. The number of nitrogens with one attached hydrogen (secondary N) is 1. The average molecular weight is 343 g/mol. The molecular weight excluding hydrogens is 336 g/mol. The maximum absolute atomic E-state index is 12.0. The Morgan fingerprint density at radius 1 is 1.53 bits per heavy atom. The minimum absolute atomic E-state index is 0.0574. The number of carbonyl (C=O) groups is 1. The molecule has 1 amide bonds. The van der Waals surface area contributed by atoms with Crippen molar-refractivity contribution in [3.8, 4) is 0 Å². The number of halogens is 1. The maximum Gasteiger partial charge on any atom is 0.304 e. The number of hydrogen-bond donors (Lipinski definition) is 2. The second kappa shape index (κ2) is 5.33.